The van der Waals surface area contributed by atoms with Crippen molar-refractivity contribution in [2.24, 2.45) is 0 Å². The molecule has 5 heteroatoms. The van der Waals surface area contributed by atoms with Crippen LogP contribution >= 0.6 is 0 Å². The molecule has 0 aliphatic heterocycles. The molecule has 1 aromatic carbocycles. The topological polar surface area (TPSA) is 47.0 Å². The number of halogens is 1. The Balaban J connectivity index is 2.36. The molecular formula is C16H20FN3O. The molecule has 1 heterocycles. The summed E-state index contributed by atoms with van der Waals surface area (Å²) in [5.41, 5.74) is 1.26. The van der Waals surface area contributed by atoms with Gasteiger partial charge in [0.15, 0.2) is 17.3 Å². The lowest BCUT2D eigenvalue weighted by molar-refractivity contribution is 0.428. The molecule has 21 heavy (non-hydrogen) atoms. The molecule has 0 fully saturated rings. The molecule has 0 atom stereocenters. The highest BCUT2D eigenvalue weighted by Crippen LogP contribution is 2.28. The van der Waals surface area contributed by atoms with E-state index < -0.39 is 0 Å². The van der Waals surface area contributed by atoms with Gasteiger partial charge >= 0.3 is 0 Å². The van der Waals surface area contributed by atoms with Crippen molar-refractivity contribution >= 4 is 0 Å². The van der Waals surface area contributed by atoms with Gasteiger partial charge < -0.3 is 10.1 Å². The molecular weight excluding hydrogens is 269 g/mol. The number of ether oxygens (including phenoxy) is 1. The molecule has 2 aromatic rings. The Morgan fingerprint density at radius 3 is 2.71 bits per heavy atom. The van der Waals surface area contributed by atoms with Gasteiger partial charge in [-0.3, -0.25) is 0 Å². The molecule has 0 amide bonds. The van der Waals surface area contributed by atoms with Crippen molar-refractivity contribution in [2.75, 3.05) is 7.05 Å². The Bertz CT molecular complexity index is 629. The number of nitrogens with zero attached hydrogens (tertiary/aromatic N) is 2. The number of rotatable bonds is 5. The number of hydrogen-bond acceptors (Lipinski definition) is 4. The smallest absolute Gasteiger partial charge is 0.168 e. The molecule has 0 spiro atoms. The highest BCUT2D eigenvalue weighted by molar-refractivity contribution is 5.36. The van der Waals surface area contributed by atoms with Crippen LogP contribution in [0.25, 0.3) is 0 Å². The first kappa shape index (κ1) is 15.4. The van der Waals surface area contributed by atoms with Gasteiger partial charge in [0.1, 0.15) is 11.5 Å². The number of hydrogen-bond donors (Lipinski definition) is 1. The lowest BCUT2D eigenvalue weighted by Crippen LogP contribution is -2.11. The fraction of sp³-hybridized carbons (Fsp3) is 0.375. The van der Waals surface area contributed by atoms with Crippen LogP contribution in [0.4, 0.5) is 4.39 Å². The van der Waals surface area contributed by atoms with Gasteiger partial charge in [-0.15, -0.1) is 0 Å². The summed E-state index contributed by atoms with van der Waals surface area (Å²) >= 11 is 0. The average molecular weight is 289 g/mol. The van der Waals surface area contributed by atoms with Gasteiger partial charge in [-0.1, -0.05) is 26.0 Å². The van der Waals surface area contributed by atoms with E-state index >= 15 is 0 Å². The summed E-state index contributed by atoms with van der Waals surface area (Å²) in [6.45, 7) is 6.29. The van der Waals surface area contributed by atoms with Crippen molar-refractivity contribution in [3.63, 3.8) is 0 Å². The van der Waals surface area contributed by atoms with Crippen molar-refractivity contribution < 1.29 is 9.13 Å². The first-order chi connectivity index (χ1) is 10.0. The predicted octanol–water partition coefficient (Wildman–Crippen LogP) is 3.56. The van der Waals surface area contributed by atoms with E-state index in [1.54, 1.807) is 31.3 Å². The molecule has 0 bridgehead atoms. The van der Waals surface area contributed by atoms with Crippen LogP contribution in [0.3, 0.4) is 0 Å². The van der Waals surface area contributed by atoms with Gasteiger partial charge in [-0.05, 0) is 25.6 Å². The Labute approximate surface area is 124 Å². The first-order valence-electron chi connectivity index (χ1n) is 6.96. The molecule has 0 aliphatic rings. The van der Waals surface area contributed by atoms with Gasteiger partial charge in [0, 0.05) is 12.5 Å². The van der Waals surface area contributed by atoms with E-state index in [-0.39, 0.29) is 17.5 Å². The highest BCUT2D eigenvalue weighted by Gasteiger charge is 2.13. The minimum Gasteiger partial charge on any atom is -0.451 e. The normalized spacial score (nSPS) is 11.0. The molecule has 0 saturated carbocycles. The van der Waals surface area contributed by atoms with Gasteiger partial charge in [-0.25, -0.2) is 14.4 Å². The van der Waals surface area contributed by atoms with Gasteiger partial charge in [-0.2, -0.15) is 0 Å². The molecule has 4 nitrogen and oxygen atoms in total. The van der Waals surface area contributed by atoms with Crippen LogP contribution in [0.1, 0.15) is 36.8 Å². The minimum atomic E-state index is -0.360. The fourth-order valence-electron chi connectivity index (χ4n) is 1.90. The van der Waals surface area contributed by atoms with E-state index in [4.69, 9.17) is 4.74 Å². The zero-order valence-corrected chi connectivity index (χ0v) is 12.8. The second-order valence-electron chi connectivity index (χ2n) is 5.21. The van der Waals surface area contributed by atoms with E-state index in [0.717, 1.165) is 11.5 Å². The molecule has 0 unspecified atom stereocenters. The van der Waals surface area contributed by atoms with E-state index in [1.807, 2.05) is 20.9 Å². The quantitative estimate of drug-likeness (QED) is 0.914. The van der Waals surface area contributed by atoms with E-state index in [9.17, 15) is 4.39 Å². The maximum atomic E-state index is 14.0. The molecule has 0 saturated heterocycles. The molecule has 112 valence electrons. The third kappa shape index (κ3) is 3.55. The van der Waals surface area contributed by atoms with Crippen molar-refractivity contribution in [1.29, 1.82) is 0 Å². The zero-order chi connectivity index (χ0) is 15.4. The Morgan fingerprint density at radius 1 is 1.29 bits per heavy atom. The van der Waals surface area contributed by atoms with Crippen molar-refractivity contribution in [2.45, 2.75) is 33.2 Å². The summed E-state index contributed by atoms with van der Waals surface area (Å²) in [5.74, 6) is 1.27. The minimum absolute atomic E-state index is 0.188. The van der Waals surface area contributed by atoms with Crippen LogP contribution in [0.5, 0.6) is 11.5 Å². The van der Waals surface area contributed by atoms with E-state index in [1.165, 1.54) is 0 Å². The van der Waals surface area contributed by atoms with E-state index in [0.29, 0.717) is 17.9 Å². The Kier molecular flexibility index (Phi) is 4.85. The Morgan fingerprint density at radius 2 is 2.05 bits per heavy atom. The summed E-state index contributed by atoms with van der Waals surface area (Å²) in [4.78, 5) is 8.77. The van der Waals surface area contributed by atoms with Crippen LogP contribution in [-0.2, 0) is 6.54 Å². The molecule has 1 aromatic heterocycles. The lowest BCUT2D eigenvalue weighted by atomic mass is 10.2. The summed E-state index contributed by atoms with van der Waals surface area (Å²) in [6, 6.07) is 5.06. The monoisotopic (exact) mass is 289 g/mol. The van der Waals surface area contributed by atoms with E-state index in [2.05, 4.69) is 15.3 Å². The SMILES string of the molecule is CNCc1nc(C(C)C)ncc1Oc1cccc(C)c1F. The predicted molar refractivity (Wildman–Crippen MR) is 80.1 cm³/mol. The third-order valence-electron chi connectivity index (χ3n) is 3.08. The molecule has 0 radical (unpaired) electrons. The Hall–Kier alpha value is -2.01. The number of nitrogens with one attached hydrogen (secondary N) is 1. The van der Waals surface area contributed by atoms with Crippen LogP contribution < -0.4 is 10.1 Å². The summed E-state index contributed by atoms with van der Waals surface area (Å²) in [7, 11) is 1.83. The second-order valence-corrected chi connectivity index (χ2v) is 5.21. The first-order valence-corrected chi connectivity index (χ1v) is 6.96. The highest BCUT2D eigenvalue weighted by atomic mass is 19.1. The van der Waals surface area contributed by atoms with Crippen molar-refractivity contribution in [3.8, 4) is 11.5 Å². The third-order valence-corrected chi connectivity index (χ3v) is 3.08. The molecule has 1 N–H and O–H groups in total. The van der Waals surface area contributed by atoms with Gasteiger partial charge in [0.25, 0.3) is 0 Å². The molecule has 2 rings (SSSR count). The maximum absolute atomic E-state index is 14.0. The van der Waals surface area contributed by atoms with Crippen LogP contribution in [0, 0.1) is 12.7 Å². The van der Waals surface area contributed by atoms with Crippen LogP contribution in [0.2, 0.25) is 0 Å². The molecule has 0 aliphatic carbocycles. The summed E-state index contributed by atoms with van der Waals surface area (Å²) in [6.07, 6.45) is 1.61. The van der Waals surface area contributed by atoms with Gasteiger partial charge in [0.2, 0.25) is 0 Å². The lowest BCUT2D eigenvalue weighted by Gasteiger charge is -2.13. The van der Waals surface area contributed by atoms with Crippen LogP contribution in [0.15, 0.2) is 24.4 Å². The maximum Gasteiger partial charge on any atom is 0.168 e. The van der Waals surface area contributed by atoms with Gasteiger partial charge in [0.05, 0.1) is 6.20 Å². The standard InChI is InChI=1S/C16H20FN3O/c1-10(2)16-19-9-14(12(20-16)8-18-4)21-13-7-5-6-11(3)15(13)17/h5-7,9-10,18H,8H2,1-4H3. The zero-order valence-electron chi connectivity index (χ0n) is 12.8. The fourth-order valence-corrected chi connectivity index (χ4v) is 1.90. The van der Waals surface area contributed by atoms with Crippen molar-refractivity contribution in [1.82, 2.24) is 15.3 Å². The summed E-state index contributed by atoms with van der Waals surface area (Å²) < 4.78 is 19.7. The number of benzene rings is 1. The average Bonchev–Trinajstić information content (AvgIpc) is 2.45. The largest absolute Gasteiger partial charge is 0.451 e. The number of aromatic nitrogens is 2. The van der Waals surface area contributed by atoms with Crippen molar-refractivity contribution in [3.05, 3.63) is 47.3 Å². The van der Waals surface area contributed by atoms with Crippen LogP contribution in [-0.4, -0.2) is 17.0 Å². The number of aryl methyl sites for hydroxylation is 1. The summed E-state index contributed by atoms with van der Waals surface area (Å²) in [5, 5.41) is 3.04. The second kappa shape index (κ2) is 6.63.